The van der Waals surface area contributed by atoms with E-state index in [1.165, 1.54) is 0 Å². The Kier molecular flexibility index (Phi) is 4.64. The van der Waals surface area contributed by atoms with Crippen LogP contribution in [-0.4, -0.2) is 19.8 Å². The summed E-state index contributed by atoms with van der Waals surface area (Å²) in [5.74, 6) is 0. The molecule has 0 radical (unpaired) electrons. The molecule has 0 spiro atoms. The predicted octanol–water partition coefficient (Wildman–Crippen LogP) is 0.605. The third-order valence-corrected chi connectivity index (χ3v) is 1.39. The number of hydrogen-bond acceptors (Lipinski definition) is 2. The van der Waals surface area contributed by atoms with E-state index in [1.807, 2.05) is 30.6 Å². The molecule has 1 heterocycles. The van der Waals surface area contributed by atoms with Gasteiger partial charge in [0.2, 0.25) is 12.4 Å². The molecule has 1 rings (SSSR count). The average Bonchev–Trinajstić information content (AvgIpc) is 2.19. The van der Waals surface area contributed by atoms with E-state index in [1.54, 1.807) is 10.8 Å². The second-order valence-electron chi connectivity index (χ2n) is 2.43. The van der Waals surface area contributed by atoms with Crippen molar-refractivity contribution in [2.24, 2.45) is 0 Å². The first-order chi connectivity index (χ1) is 6.43. The highest BCUT2D eigenvalue weighted by Gasteiger charge is 1.96. The molecule has 0 aliphatic rings. The van der Waals surface area contributed by atoms with Gasteiger partial charge in [-0.1, -0.05) is 12.1 Å². The molecule has 0 fully saturated rings. The van der Waals surface area contributed by atoms with Crippen molar-refractivity contribution in [1.29, 1.82) is 0 Å². The Morgan fingerprint density at radius 3 is 2.62 bits per heavy atom. The molecule has 3 nitrogen and oxygen atoms in total. The summed E-state index contributed by atoms with van der Waals surface area (Å²) in [6.07, 6.45) is 5.40. The quantitative estimate of drug-likeness (QED) is 0.363. The van der Waals surface area contributed by atoms with Gasteiger partial charge in [0, 0.05) is 16.9 Å². The van der Waals surface area contributed by atoms with Crippen LogP contribution < -0.4 is 9.57 Å². The van der Waals surface area contributed by atoms with Gasteiger partial charge in [0.1, 0.15) is 0 Å². The zero-order chi connectivity index (χ0) is 9.36. The molecule has 0 bridgehead atoms. The summed E-state index contributed by atoms with van der Waals surface area (Å²) in [4.78, 5) is 5.31. The second-order valence-corrected chi connectivity index (χ2v) is 2.43. The smallest absolute Gasteiger partial charge is 0.222 e. The van der Waals surface area contributed by atoms with Gasteiger partial charge in [0.05, 0.1) is 13.2 Å². The Bertz CT molecular complexity index is 236. The van der Waals surface area contributed by atoms with Crippen LogP contribution in [0.2, 0.25) is 0 Å². The third kappa shape index (κ3) is 4.28. The van der Waals surface area contributed by atoms with Crippen molar-refractivity contribution in [2.45, 2.75) is 0 Å². The summed E-state index contributed by atoms with van der Waals surface area (Å²) in [6.45, 7) is 5.24. The molecule has 0 N–H and O–H groups in total. The Morgan fingerprint density at radius 1 is 1.15 bits per heavy atom. The van der Waals surface area contributed by atoms with Crippen molar-refractivity contribution in [3.63, 3.8) is 0 Å². The highest BCUT2D eigenvalue weighted by Crippen LogP contribution is 1.76. The van der Waals surface area contributed by atoms with Crippen LogP contribution in [0.5, 0.6) is 0 Å². The van der Waals surface area contributed by atoms with Crippen LogP contribution in [0, 0.1) is 0 Å². The maximum Gasteiger partial charge on any atom is 0.222 e. The van der Waals surface area contributed by atoms with Gasteiger partial charge in [-0.05, 0) is 0 Å². The van der Waals surface area contributed by atoms with Crippen LogP contribution in [-0.2, 0) is 4.74 Å². The van der Waals surface area contributed by atoms with Gasteiger partial charge in [-0.15, -0.1) is 6.58 Å². The summed E-state index contributed by atoms with van der Waals surface area (Å²) in [6, 6.07) is 5.75. The summed E-state index contributed by atoms with van der Waals surface area (Å²) < 4.78 is 6.80. The maximum atomic E-state index is 5.31. The molecule has 0 atom stereocenters. The first kappa shape index (κ1) is 9.74. The third-order valence-electron chi connectivity index (χ3n) is 1.39. The van der Waals surface area contributed by atoms with Crippen LogP contribution in [0.25, 0.3) is 0 Å². The molecule has 70 valence electrons. The molecular formula is C10H14NO2+. The summed E-state index contributed by atoms with van der Waals surface area (Å²) in [5.41, 5.74) is 0. The standard InChI is InChI=1S/C10H14NO2/c1-2-8-12-9-10-13-11-6-4-3-5-7-11/h2-7H,1,8-10H2/q+1. The largest absolute Gasteiger partial charge is 0.374 e. The number of ether oxygens (including phenoxy) is 1. The molecule has 0 aliphatic carbocycles. The monoisotopic (exact) mass is 180 g/mol. The molecule has 13 heavy (non-hydrogen) atoms. The maximum absolute atomic E-state index is 5.31. The molecule has 0 unspecified atom stereocenters. The first-order valence-electron chi connectivity index (χ1n) is 4.21. The number of pyridine rings is 1. The molecule has 3 heteroatoms. The van der Waals surface area contributed by atoms with Gasteiger partial charge >= 0.3 is 0 Å². The molecule has 1 aromatic rings. The van der Waals surface area contributed by atoms with Crippen molar-refractivity contribution < 1.29 is 14.3 Å². The SMILES string of the molecule is C=CCOCCO[n+]1ccccc1. The number of aromatic nitrogens is 1. The summed E-state index contributed by atoms with van der Waals surface area (Å²) in [5, 5.41) is 0. The fourth-order valence-electron chi connectivity index (χ4n) is 0.837. The van der Waals surface area contributed by atoms with E-state index in [-0.39, 0.29) is 0 Å². The van der Waals surface area contributed by atoms with E-state index in [0.717, 1.165) is 0 Å². The highest BCUT2D eigenvalue weighted by molar-refractivity contribution is 4.83. The van der Waals surface area contributed by atoms with E-state index in [0.29, 0.717) is 19.8 Å². The molecule has 0 aliphatic heterocycles. The van der Waals surface area contributed by atoms with Crippen LogP contribution >= 0.6 is 0 Å². The lowest BCUT2D eigenvalue weighted by molar-refractivity contribution is -0.891. The van der Waals surface area contributed by atoms with E-state index < -0.39 is 0 Å². The lowest BCUT2D eigenvalue weighted by atomic mass is 10.5. The average molecular weight is 180 g/mol. The van der Waals surface area contributed by atoms with Crippen molar-refractivity contribution in [3.05, 3.63) is 43.2 Å². The van der Waals surface area contributed by atoms with E-state index in [9.17, 15) is 0 Å². The molecule has 0 saturated carbocycles. The zero-order valence-corrected chi connectivity index (χ0v) is 7.56. The minimum Gasteiger partial charge on any atom is -0.374 e. The Hall–Kier alpha value is -1.35. The first-order valence-corrected chi connectivity index (χ1v) is 4.21. The van der Waals surface area contributed by atoms with Crippen molar-refractivity contribution in [1.82, 2.24) is 0 Å². The fourth-order valence-corrected chi connectivity index (χ4v) is 0.837. The van der Waals surface area contributed by atoms with Crippen LogP contribution in [0.3, 0.4) is 0 Å². The minimum absolute atomic E-state index is 0.544. The highest BCUT2D eigenvalue weighted by atomic mass is 16.7. The van der Waals surface area contributed by atoms with E-state index in [2.05, 4.69) is 6.58 Å². The van der Waals surface area contributed by atoms with Gasteiger partial charge < -0.3 is 4.74 Å². The Morgan fingerprint density at radius 2 is 1.92 bits per heavy atom. The zero-order valence-electron chi connectivity index (χ0n) is 7.56. The van der Waals surface area contributed by atoms with E-state index in [4.69, 9.17) is 9.57 Å². The van der Waals surface area contributed by atoms with Crippen molar-refractivity contribution in [3.8, 4) is 0 Å². The van der Waals surface area contributed by atoms with E-state index >= 15 is 0 Å². The van der Waals surface area contributed by atoms with Crippen molar-refractivity contribution >= 4 is 0 Å². The minimum atomic E-state index is 0.544. The Balaban J connectivity index is 2.10. The van der Waals surface area contributed by atoms with Crippen molar-refractivity contribution in [2.75, 3.05) is 19.8 Å². The van der Waals surface area contributed by atoms with Crippen LogP contribution in [0.15, 0.2) is 43.2 Å². The second kappa shape index (κ2) is 6.20. The molecule has 0 saturated heterocycles. The number of hydrogen-bond donors (Lipinski definition) is 0. The normalized spacial score (nSPS) is 9.54. The van der Waals surface area contributed by atoms with Gasteiger partial charge in [0.25, 0.3) is 0 Å². The number of nitrogens with zero attached hydrogens (tertiary/aromatic N) is 1. The number of rotatable bonds is 6. The lowest BCUT2D eigenvalue weighted by Gasteiger charge is -1.98. The molecule has 0 amide bonds. The molecular weight excluding hydrogens is 166 g/mol. The van der Waals surface area contributed by atoms with Gasteiger partial charge in [-0.3, -0.25) is 4.84 Å². The molecule has 0 aromatic carbocycles. The van der Waals surface area contributed by atoms with Gasteiger partial charge in [-0.25, -0.2) is 0 Å². The Labute approximate surface area is 78.2 Å². The molecule has 1 aromatic heterocycles. The predicted molar refractivity (Wildman–Crippen MR) is 49.1 cm³/mol. The topological polar surface area (TPSA) is 22.3 Å². The van der Waals surface area contributed by atoms with Gasteiger partial charge in [-0.2, -0.15) is 0 Å². The van der Waals surface area contributed by atoms with Crippen LogP contribution in [0.1, 0.15) is 0 Å². The summed E-state index contributed by atoms with van der Waals surface area (Å²) >= 11 is 0. The van der Waals surface area contributed by atoms with Crippen LogP contribution in [0.4, 0.5) is 0 Å². The fraction of sp³-hybridized carbons (Fsp3) is 0.300. The summed E-state index contributed by atoms with van der Waals surface area (Å²) in [7, 11) is 0. The lowest BCUT2D eigenvalue weighted by Crippen LogP contribution is -2.43. The van der Waals surface area contributed by atoms with Gasteiger partial charge in [0.15, 0.2) is 6.61 Å².